The van der Waals surface area contributed by atoms with E-state index in [4.69, 9.17) is 11.6 Å². The number of thiazole rings is 1. The van der Waals surface area contributed by atoms with E-state index in [0.29, 0.717) is 40.3 Å². The number of nitrogens with one attached hydrogen (secondary N) is 1. The van der Waals surface area contributed by atoms with Crippen molar-refractivity contribution in [1.29, 1.82) is 0 Å². The molecule has 0 spiro atoms. The second kappa shape index (κ2) is 11.3. The molecule has 1 N–H and O–H groups in total. The largest absolute Gasteiger partial charge is 0.416 e. The van der Waals surface area contributed by atoms with Crippen molar-refractivity contribution >= 4 is 28.8 Å². The molecule has 3 aromatic rings. The molecule has 0 saturated carbocycles. The number of rotatable bonds is 9. The Kier molecular flexibility index (Phi) is 8.73. The Balaban J connectivity index is 1.79. The van der Waals surface area contributed by atoms with Crippen molar-refractivity contribution in [2.75, 3.05) is 0 Å². The number of hydrogen-bond donors (Lipinski definition) is 1. The molecular formula is C25H27ClF3N3OS. The molecule has 0 aliphatic carbocycles. The highest BCUT2D eigenvalue weighted by molar-refractivity contribution is 7.09. The summed E-state index contributed by atoms with van der Waals surface area (Å²) in [4.78, 5) is 19.0. The minimum absolute atomic E-state index is 0.0119. The molecule has 1 atom stereocenters. The van der Waals surface area contributed by atoms with Crippen LogP contribution in [0.3, 0.4) is 0 Å². The topological polar surface area (TPSA) is 45.2 Å². The number of carbonyl (C=O) groups is 1. The Morgan fingerprint density at radius 2 is 1.71 bits per heavy atom. The molecular weight excluding hydrogens is 483 g/mol. The second-order valence-corrected chi connectivity index (χ2v) is 9.98. The van der Waals surface area contributed by atoms with Gasteiger partial charge in [0.15, 0.2) is 0 Å². The van der Waals surface area contributed by atoms with Crippen LogP contribution in [0.5, 0.6) is 0 Å². The van der Waals surface area contributed by atoms with E-state index in [-0.39, 0.29) is 18.5 Å². The predicted molar refractivity (Wildman–Crippen MR) is 130 cm³/mol. The van der Waals surface area contributed by atoms with Gasteiger partial charge in [0.05, 0.1) is 12.1 Å². The van der Waals surface area contributed by atoms with Gasteiger partial charge in [-0.2, -0.15) is 13.2 Å². The Labute approximate surface area is 206 Å². The SMILES string of the molecule is CC(C)[C@@H](C)NC(=O)c1csc(CN(Cc2cccc(Cl)c2)Cc2cccc(C(F)(F)F)c2)n1. The highest BCUT2D eigenvalue weighted by Gasteiger charge is 2.30. The minimum Gasteiger partial charge on any atom is -0.348 e. The van der Waals surface area contributed by atoms with Gasteiger partial charge in [-0.15, -0.1) is 11.3 Å². The second-order valence-electron chi connectivity index (χ2n) is 8.61. The molecule has 34 heavy (non-hydrogen) atoms. The maximum absolute atomic E-state index is 13.2. The third-order valence-corrected chi connectivity index (χ3v) is 6.53. The quantitative estimate of drug-likeness (QED) is 0.345. The molecule has 0 unspecified atom stereocenters. The lowest BCUT2D eigenvalue weighted by Crippen LogP contribution is -2.36. The Bertz CT molecular complexity index is 1120. The molecule has 182 valence electrons. The van der Waals surface area contributed by atoms with E-state index in [2.05, 4.69) is 10.3 Å². The first kappa shape index (κ1) is 26.2. The van der Waals surface area contributed by atoms with Crippen LogP contribution in [-0.2, 0) is 25.8 Å². The van der Waals surface area contributed by atoms with Crippen LogP contribution in [-0.4, -0.2) is 21.8 Å². The molecule has 0 saturated heterocycles. The van der Waals surface area contributed by atoms with Crippen molar-refractivity contribution in [3.8, 4) is 0 Å². The highest BCUT2D eigenvalue weighted by Crippen LogP contribution is 2.30. The number of nitrogens with zero attached hydrogens (tertiary/aromatic N) is 2. The van der Waals surface area contributed by atoms with Gasteiger partial charge in [0.25, 0.3) is 5.91 Å². The summed E-state index contributed by atoms with van der Waals surface area (Å²) < 4.78 is 39.6. The van der Waals surface area contributed by atoms with Crippen LogP contribution >= 0.6 is 22.9 Å². The summed E-state index contributed by atoms with van der Waals surface area (Å²) in [5, 5.41) is 5.94. The lowest BCUT2D eigenvalue weighted by atomic mass is 10.1. The number of hydrogen-bond acceptors (Lipinski definition) is 4. The fourth-order valence-corrected chi connectivity index (χ4v) is 4.32. The maximum Gasteiger partial charge on any atom is 0.416 e. The molecule has 1 aromatic heterocycles. The zero-order valence-electron chi connectivity index (χ0n) is 19.2. The van der Waals surface area contributed by atoms with Crippen LogP contribution in [0.2, 0.25) is 5.02 Å². The molecule has 4 nitrogen and oxygen atoms in total. The van der Waals surface area contributed by atoms with Crippen molar-refractivity contribution < 1.29 is 18.0 Å². The summed E-state index contributed by atoms with van der Waals surface area (Å²) >= 11 is 7.48. The van der Waals surface area contributed by atoms with E-state index in [1.54, 1.807) is 17.5 Å². The Morgan fingerprint density at radius 1 is 1.06 bits per heavy atom. The van der Waals surface area contributed by atoms with Crippen LogP contribution in [0.25, 0.3) is 0 Å². The zero-order chi connectivity index (χ0) is 24.9. The first-order valence-corrected chi connectivity index (χ1v) is 12.1. The molecule has 0 aliphatic rings. The minimum atomic E-state index is -4.40. The van der Waals surface area contributed by atoms with E-state index >= 15 is 0 Å². The van der Waals surface area contributed by atoms with Crippen molar-refractivity contribution in [3.63, 3.8) is 0 Å². The smallest absolute Gasteiger partial charge is 0.348 e. The fourth-order valence-electron chi connectivity index (χ4n) is 3.29. The van der Waals surface area contributed by atoms with Crippen molar-refractivity contribution in [2.45, 2.75) is 52.6 Å². The maximum atomic E-state index is 13.2. The monoisotopic (exact) mass is 509 g/mol. The summed E-state index contributed by atoms with van der Waals surface area (Å²) in [7, 11) is 0. The van der Waals surface area contributed by atoms with Gasteiger partial charge in [-0.1, -0.05) is 55.8 Å². The highest BCUT2D eigenvalue weighted by atomic mass is 35.5. The van der Waals surface area contributed by atoms with Gasteiger partial charge < -0.3 is 5.32 Å². The lowest BCUT2D eigenvalue weighted by Gasteiger charge is -2.22. The summed E-state index contributed by atoms with van der Waals surface area (Å²) in [5.74, 6) is 0.0608. The lowest BCUT2D eigenvalue weighted by molar-refractivity contribution is -0.137. The van der Waals surface area contributed by atoms with Crippen LogP contribution in [0.15, 0.2) is 53.9 Å². The molecule has 9 heteroatoms. The Hall–Kier alpha value is -2.42. The van der Waals surface area contributed by atoms with Crippen LogP contribution < -0.4 is 5.32 Å². The summed E-state index contributed by atoms with van der Waals surface area (Å²) in [6.45, 7) is 7.11. The number of amides is 1. The van der Waals surface area contributed by atoms with E-state index in [0.717, 1.165) is 11.6 Å². The predicted octanol–water partition coefficient (Wildman–Crippen LogP) is 6.79. The molecule has 1 heterocycles. The van der Waals surface area contributed by atoms with Crippen molar-refractivity contribution in [2.24, 2.45) is 5.92 Å². The molecule has 1 amide bonds. The van der Waals surface area contributed by atoms with E-state index in [9.17, 15) is 18.0 Å². The van der Waals surface area contributed by atoms with Crippen LogP contribution in [0, 0.1) is 5.92 Å². The zero-order valence-corrected chi connectivity index (χ0v) is 20.8. The van der Waals surface area contributed by atoms with Gasteiger partial charge >= 0.3 is 6.18 Å². The van der Waals surface area contributed by atoms with Crippen LogP contribution in [0.1, 0.15) is 53.0 Å². The molecule has 0 aliphatic heterocycles. The third kappa shape index (κ3) is 7.55. The molecule has 2 aromatic carbocycles. The number of aromatic nitrogens is 1. The van der Waals surface area contributed by atoms with Gasteiger partial charge in [0.1, 0.15) is 10.7 Å². The fraction of sp³-hybridized carbons (Fsp3) is 0.360. The molecule has 3 rings (SSSR count). The van der Waals surface area contributed by atoms with Gasteiger partial charge in [-0.3, -0.25) is 9.69 Å². The first-order chi connectivity index (χ1) is 16.0. The van der Waals surface area contributed by atoms with Gasteiger partial charge in [-0.05, 0) is 42.2 Å². The molecule has 0 fully saturated rings. The van der Waals surface area contributed by atoms with Gasteiger partial charge in [0.2, 0.25) is 0 Å². The normalized spacial score (nSPS) is 12.9. The standard InChI is InChI=1S/C25H27ClF3N3OS/c1-16(2)17(3)30-24(33)22-15-34-23(31-22)14-32(13-19-7-5-9-21(26)11-19)12-18-6-4-8-20(10-18)25(27,28)29/h4-11,15-17H,12-14H2,1-3H3,(H,30,33)/t17-/m1/s1. The molecule has 0 radical (unpaired) electrons. The number of benzene rings is 2. The number of carbonyl (C=O) groups excluding carboxylic acids is 1. The van der Waals surface area contributed by atoms with Gasteiger partial charge in [-0.25, -0.2) is 4.98 Å². The third-order valence-electron chi connectivity index (χ3n) is 5.46. The van der Waals surface area contributed by atoms with Crippen molar-refractivity contribution in [1.82, 2.24) is 15.2 Å². The summed E-state index contributed by atoms with van der Waals surface area (Å²) in [6.07, 6.45) is -4.40. The van der Waals surface area contributed by atoms with Crippen molar-refractivity contribution in [3.05, 3.63) is 86.3 Å². The average Bonchev–Trinajstić information content (AvgIpc) is 3.22. The Morgan fingerprint density at radius 3 is 2.32 bits per heavy atom. The van der Waals surface area contributed by atoms with E-state index in [1.807, 2.05) is 43.9 Å². The first-order valence-electron chi connectivity index (χ1n) is 10.9. The van der Waals surface area contributed by atoms with Gasteiger partial charge in [0, 0.05) is 29.5 Å². The van der Waals surface area contributed by atoms with Crippen LogP contribution in [0.4, 0.5) is 13.2 Å². The average molecular weight is 510 g/mol. The molecule has 0 bridgehead atoms. The van der Waals surface area contributed by atoms with E-state index in [1.165, 1.54) is 23.5 Å². The summed E-state index contributed by atoms with van der Waals surface area (Å²) in [6, 6.07) is 12.7. The number of halogens is 4. The summed E-state index contributed by atoms with van der Waals surface area (Å²) in [5.41, 5.74) is 1.13. The van der Waals surface area contributed by atoms with E-state index < -0.39 is 11.7 Å². The number of alkyl halides is 3.